The van der Waals surface area contributed by atoms with Gasteiger partial charge < -0.3 is 10.0 Å². The fourth-order valence-electron chi connectivity index (χ4n) is 2.78. The smallest absolute Gasteiger partial charge is 0.265 e. The molecule has 1 unspecified atom stereocenters. The summed E-state index contributed by atoms with van der Waals surface area (Å²) in [5.74, 6) is 0.00746. The van der Waals surface area contributed by atoms with Gasteiger partial charge in [-0.1, -0.05) is 30.3 Å². The van der Waals surface area contributed by atoms with Crippen molar-refractivity contribution in [1.29, 1.82) is 0 Å². The molecule has 0 spiro atoms. The minimum atomic E-state index is -0.394. The van der Waals surface area contributed by atoms with Crippen molar-refractivity contribution in [3.05, 3.63) is 51.5 Å². The van der Waals surface area contributed by atoms with Crippen LogP contribution in [-0.4, -0.2) is 40.1 Å². The molecule has 0 aliphatic carbocycles. The summed E-state index contributed by atoms with van der Waals surface area (Å²) in [4.78, 5) is 19.6. The summed E-state index contributed by atoms with van der Waals surface area (Å²) in [7, 11) is 0. The molecular formula is C17H20N2O2S. The van der Waals surface area contributed by atoms with Crippen LogP contribution in [0.5, 0.6) is 0 Å². The molecule has 116 valence electrons. The summed E-state index contributed by atoms with van der Waals surface area (Å²) in [6.07, 6.45) is 2.00. The van der Waals surface area contributed by atoms with Crippen molar-refractivity contribution in [3.8, 4) is 0 Å². The second kappa shape index (κ2) is 6.58. The third kappa shape index (κ3) is 3.36. The van der Waals surface area contributed by atoms with Gasteiger partial charge in [-0.25, -0.2) is 4.98 Å². The molecule has 4 nitrogen and oxygen atoms in total. The molecule has 2 heterocycles. The zero-order valence-electron chi connectivity index (χ0n) is 12.7. The number of amides is 1. The van der Waals surface area contributed by atoms with Gasteiger partial charge in [0, 0.05) is 19.5 Å². The number of aliphatic hydroxyl groups excluding tert-OH is 1. The summed E-state index contributed by atoms with van der Waals surface area (Å²) in [6, 6.07) is 10.2. The molecule has 2 aromatic rings. The number of aliphatic hydroxyl groups is 1. The minimum absolute atomic E-state index is 0.00746. The number of aryl methyl sites for hydroxylation is 1. The molecule has 0 saturated carbocycles. The number of carbonyl (C=O) groups excluding carboxylic acids is 1. The molecule has 0 radical (unpaired) electrons. The van der Waals surface area contributed by atoms with Gasteiger partial charge in [0.2, 0.25) is 0 Å². The van der Waals surface area contributed by atoms with E-state index in [0.29, 0.717) is 11.4 Å². The van der Waals surface area contributed by atoms with Crippen molar-refractivity contribution in [1.82, 2.24) is 9.88 Å². The van der Waals surface area contributed by atoms with Gasteiger partial charge in [-0.05, 0) is 25.3 Å². The summed E-state index contributed by atoms with van der Waals surface area (Å²) < 4.78 is 0. The third-order valence-electron chi connectivity index (χ3n) is 3.92. The van der Waals surface area contributed by atoms with E-state index < -0.39 is 6.10 Å². The fourth-order valence-corrected chi connectivity index (χ4v) is 3.85. The number of nitrogens with zero attached hydrogens (tertiary/aromatic N) is 2. The van der Waals surface area contributed by atoms with E-state index in [0.717, 1.165) is 36.5 Å². The van der Waals surface area contributed by atoms with E-state index in [2.05, 4.69) is 17.1 Å². The van der Waals surface area contributed by atoms with Crippen LogP contribution in [0.25, 0.3) is 0 Å². The van der Waals surface area contributed by atoms with Crippen LogP contribution < -0.4 is 0 Å². The van der Waals surface area contributed by atoms with Gasteiger partial charge in [0.05, 0.1) is 16.8 Å². The van der Waals surface area contributed by atoms with Crippen LogP contribution in [0.1, 0.15) is 38.8 Å². The highest BCUT2D eigenvalue weighted by Gasteiger charge is 2.26. The highest BCUT2D eigenvalue weighted by Crippen LogP contribution is 2.24. The predicted molar refractivity (Wildman–Crippen MR) is 87.2 cm³/mol. The molecule has 1 saturated heterocycles. The lowest BCUT2D eigenvalue weighted by molar-refractivity contribution is 0.0477. The van der Waals surface area contributed by atoms with Crippen molar-refractivity contribution in [2.75, 3.05) is 13.1 Å². The molecule has 1 atom stereocenters. The van der Waals surface area contributed by atoms with E-state index >= 15 is 0 Å². The molecule has 0 bridgehead atoms. The van der Waals surface area contributed by atoms with Crippen LogP contribution in [0, 0.1) is 6.92 Å². The molecule has 5 heteroatoms. The second-order valence-corrected chi connectivity index (χ2v) is 6.82. The van der Waals surface area contributed by atoms with Crippen LogP contribution in [0.3, 0.4) is 0 Å². The first-order valence-corrected chi connectivity index (χ1v) is 8.42. The first-order valence-electron chi connectivity index (χ1n) is 7.61. The lowest BCUT2D eigenvalue weighted by Crippen LogP contribution is -2.42. The van der Waals surface area contributed by atoms with E-state index in [4.69, 9.17) is 0 Å². The average Bonchev–Trinajstić information content (AvgIpc) is 2.88. The van der Waals surface area contributed by atoms with E-state index in [-0.39, 0.29) is 5.91 Å². The van der Waals surface area contributed by atoms with Crippen molar-refractivity contribution < 1.29 is 9.90 Å². The quantitative estimate of drug-likeness (QED) is 0.947. The molecule has 1 N–H and O–H groups in total. The zero-order chi connectivity index (χ0) is 15.5. The molecule has 1 aromatic heterocycles. The fraction of sp³-hybridized carbons (Fsp3) is 0.412. The number of β-amino-alcohol motifs (C(OH)–C–C–N with tert-alkyl or cyclic N) is 1. The maximum Gasteiger partial charge on any atom is 0.265 e. The van der Waals surface area contributed by atoms with Gasteiger partial charge >= 0.3 is 0 Å². The number of thiazole rings is 1. The van der Waals surface area contributed by atoms with Crippen molar-refractivity contribution in [3.63, 3.8) is 0 Å². The maximum absolute atomic E-state index is 12.6. The Morgan fingerprint density at radius 2 is 2.18 bits per heavy atom. The number of carbonyl (C=O) groups is 1. The van der Waals surface area contributed by atoms with Gasteiger partial charge in [-0.2, -0.15) is 0 Å². The molecule has 1 fully saturated rings. The summed E-state index contributed by atoms with van der Waals surface area (Å²) in [5, 5.41) is 10.7. The predicted octanol–water partition coefficient (Wildman–Crippen LogP) is 2.64. The Labute approximate surface area is 134 Å². The molecule has 1 aliphatic heterocycles. The monoisotopic (exact) mass is 316 g/mol. The summed E-state index contributed by atoms with van der Waals surface area (Å²) in [5.41, 5.74) is 1.99. The Balaban J connectivity index is 1.75. The number of hydrogen-bond donors (Lipinski definition) is 1. The number of aromatic nitrogens is 1. The van der Waals surface area contributed by atoms with Crippen LogP contribution in [0.15, 0.2) is 30.3 Å². The number of likely N-dealkylation sites (tertiary alicyclic amines) is 1. The molecule has 1 aromatic carbocycles. The Hall–Kier alpha value is -1.72. The SMILES string of the molecule is Cc1nc(Cc2ccccc2)sc1C(=O)N1CCCC(O)C1. The van der Waals surface area contributed by atoms with E-state index in [9.17, 15) is 9.90 Å². The third-order valence-corrected chi connectivity index (χ3v) is 5.06. The standard InChI is InChI=1S/C17H20N2O2S/c1-12-16(17(21)19-9-5-8-14(20)11-19)22-15(18-12)10-13-6-3-2-4-7-13/h2-4,6-7,14,20H,5,8-11H2,1H3. The number of piperidine rings is 1. The van der Waals surface area contributed by atoms with Gasteiger partial charge in [-0.15, -0.1) is 11.3 Å². The largest absolute Gasteiger partial charge is 0.391 e. The van der Waals surface area contributed by atoms with Gasteiger partial charge in [0.15, 0.2) is 0 Å². The number of hydrogen-bond acceptors (Lipinski definition) is 4. The Morgan fingerprint density at radius 3 is 2.91 bits per heavy atom. The molecular weight excluding hydrogens is 296 g/mol. The van der Waals surface area contributed by atoms with Crippen molar-refractivity contribution in [2.24, 2.45) is 0 Å². The van der Waals surface area contributed by atoms with Crippen LogP contribution in [-0.2, 0) is 6.42 Å². The lowest BCUT2D eigenvalue weighted by Gasteiger charge is -2.29. The topological polar surface area (TPSA) is 53.4 Å². The maximum atomic E-state index is 12.6. The summed E-state index contributed by atoms with van der Waals surface area (Å²) >= 11 is 1.47. The average molecular weight is 316 g/mol. The van der Waals surface area contributed by atoms with Gasteiger partial charge in [0.1, 0.15) is 4.88 Å². The Kier molecular flexibility index (Phi) is 4.55. The number of benzene rings is 1. The minimum Gasteiger partial charge on any atom is -0.391 e. The van der Waals surface area contributed by atoms with Crippen LogP contribution >= 0.6 is 11.3 Å². The van der Waals surface area contributed by atoms with Crippen LogP contribution in [0.4, 0.5) is 0 Å². The second-order valence-electron chi connectivity index (χ2n) is 5.73. The normalized spacial score (nSPS) is 18.5. The van der Waals surface area contributed by atoms with Gasteiger partial charge in [0.25, 0.3) is 5.91 Å². The van der Waals surface area contributed by atoms with Gasteiger partial charge in [-0.3, -0.25) is 4.79 Å². The first-order chi connectivity index (χ1) is 10.6. The number of rotatable bonds is 3. The van der Waals surface area contributed by atoms with E-state index in [1.165, 1.54) is 16.9 Å². The van der Waals surface area contributed by atoms with E-state index in [1.54, 1.807) is 4.90 Å². The van der Waals surface area contributed by atoms with Crippen molar-refractivity contribution in [2.45, 2.75) is 32.3 Å². The lowest BCUT2D eigenvalue weighted by atomic mass is 10.1. The zero-order valence-corrected chi connectivity index (χ0v) is 13.5. The first kappa shape index (κ1) is 15.2. The highest BCUT2D eigenvalue weighted by molar-refractivity contribution is 7.13. The van der Waals surface area contributed by atoms with Crippen molar-refractivity contribution >= 4 is 17.2 Å². The highest BCUT2D eigenvalue weighted by atomic mass is 32.1. The Bertz CT molecular complexity index is 654. The van der Waals surface area contributed by atoms with E-state index in [1.807, 2.05) is 25.1 Å². The summed E-state index contributed by atoms with van der Waals surface area (Å²) in [6.45, 7) is 3.05. The molecule has 3 rings (SSSR count). The molecule has 22 heavy (non-hydrogen) atoms. The Morgan fingerprint density at radius 1 is 1.41 bits per heavy atom. The molecule has 1 aliphatic rings. The molecule has 1 amide bonds. The van der Waals surface area contributed by atoms with Crippen LogP contribution in [0.2, 0.25) is 0 Å².